The monoisotopic (exact) mass is 220 g/mol. The first-order valence-corrected chi connectivity index (χ1v) is 4.68. The van der Waals surface area contributed by atoms with Crippen molar-refractivity contribution in [3.63, 3.8) is 0 Å². The summed E-state index contributed by atoms with van der Waals surface area (Å²) in [5.74, 6) is 0. The van der Waals surface area contributed by atoms with Gasteiger partial charge in [-0.15, -0.1) is 0 Å². The van der Waals surface area contributed by atoms with Gasteiger partial charge in [-0.3, -0.25) is 14.7 Å². The minimum atomic E-state index is -0.205. The Bertz CT molecular complexity index is 579. The van der Waals surface area contributed by atoms with Crippen LogP contribution in [0.25, 0.3) is 10.9 Å². The van der Waals surface area contributed by atoms with Crippen LogP contribution in [0.3, 0.4) is 0 Å². The predicted molar refractivity (Wildman–Crippen MR) is 62.2 cm³/mol. The summed E-state index contributed by atoms with van der Waals surface area (Å²) in [6.45, 7) is 0. The highest BCUT2D eigenvalue weighted by atomic mass is 16.7. The molecule has 16 heavy (non-hydrogen) atoms. The molecule has 1 heterocycles. The number of anilines is 2. The average Bonchev–Trinajstić information content (AvgIpc) is 2.29. The van der Waals surface area contributed by atoms with Crippen molar-refractivity contribution in [3.8, 4) is 0 Å². The molecule has 6 heteroatoms. The zero-order chi connectivity index (χ0) is 11.7. The van der Waals surface area contributed by atoms with Gasteiger partial charge in [-0.1, -0.05) is 0 Å². The molecular weight excluding hydrogens is 208 g/mol. The zero-order valence-electron chi connectivity index (χ0n) is 9.02. The lowest BCUT2D eigenvalue weighted by molar-refractivity contribution is 0.185. The standard InChI is InChI=1S/C10H12N4O2/c1-14(16-2)9-4-8-6(3-7(9)11)10(15)13-5-12-8/h3-5H,11H2,1-2H3,(H,12,13,15). The Balaban J connectivity index is 2.72. The molecule has 0 unspecified atom stereocenters. The molecule has 0 aliphatic carbocycles. The molecule has 0 amide bonds. The minimum Gasteiger partial charge on any atom is -0.397 e. The highest BCUT2D eigenvalue weighted by Crippen LogP contribution is 2.25. The van der Waals surface area contributed by atoms with E-state index in [0.29, 0.717) is 22.3 Å². The number of H-pyrrole nitrogens is 1. The number of hydrogen-bond donors (Lipinski definition) is 2. The Hall–Kier alpha value is -2.08. The van der Waals surface area contributed by atoms with E-state index in [1.807, 2.05) is 0 Å². The van der Waals surface area contributed by atoms with E-state index >= 15 is 0 Å². The van der Waals surface area contributed by atoms with Crippen molar-refractivity contribution in [1.29, 1.82) is 0 Å². The van der Waals surface area contributed by atoms with Crippen molar-refractivity contribution in [2.45, 2.75) is 0 Å². The summed E-state index contributed by atoms with van der Waals surface area (Å²) in [6, 6.07) is 3.30. The number of hydroxylamine groups is 1. The normalized spacial score (nSPS) is 10.6. The molecule has 1 aromatic carbocycles. The van der Waals surface area contributed by atoms with Crippen LogP contribution >= 0.6 is 0 Å². The van der Waals surface area contributed by atoms with Crippen LogP contribution in [0.1, 0.15) is 0 Å². The fourth-order valence-corrected chi connectivity index (χ4v) is 1.49. The minimum absolute atomic E-state index is 0.205. The number of nitrogen functional groups attached to an aromatic ring is 1. The van der Waals surface area contributed by atoms with E-state index in [1.165, 1.54) is 18.5 Å². The van der Waals surface area contributed by atoms with Crippen LogP contribution in [0.15, 0.2) is 23.3 Å². The number of rotatable bonds is 2. The van der Waals surface area contributed by atoms with Crippen molar-refractivity contribution >= 4 is 22.3 Å². The van der Waals surface area contributed by atoms with Crippen molar-refractivity contribution in [1.82, 2.24) is 9.97 Å². The summed E-state index contributed by atoms with van der Waals surface area (Å²) < 4.78 is 0. The highest BCUT2D eigenvalue weighted by molar-refractivity contribution is 5.88. The molecule has 6 nitrogen and oxygen atoms in total. The Labute approximate surface area is 91.6 Å². The van der Waals surface area contributed by atoms with Crippen molar-refractivity contribution in [2.24, 2.45) is 0 Å². The largest absolute Gasteiger partial charge is 0.397 e. The summed E-state index contributed by atoms with van der Waals surface area (Å²) in [5.41, 5.74) is 7.35. The van der Waals surface area contributed by atoms with Crippen LogP contribution in [0.2, 0.25) is 0 Å². The Morgan fingerprint density at radius 3 is 2.94 bits per heavy atom. The lowest BCUT2D eigenvalue weighted by Gasteiger charge is -2.18. The van der Waals surface area contributed by atoms with E-state index < -0.39 is 0 Å². The summed E-state index contributed by atoms with van der Waals surface area (Å²) in [5, 5.41) is 1.98. The molecule has 0 atom stereocenters. The maximum Gasteiger partial charge on any atom is 0.258 e. The Morgan fingerprint density at radius 2 is 2.25 bits per heavy atom. The van der Waals surface area contributed by atoms with Crippen LogP contribution in [0.4, 0.5) is 11.4 Å². The second kappa shape index (κ2) is 3.82. The number of aromatic nitrogens is 2. The van der Waals surface area contributed by atoms with E-state index in [2.05, 4.69) is 9.97 Å². The van der Waals surface area contributed by atoms with Gasteiger partial charge in [0.1, 0.15) is 0 Å². The van der Waals surface area contributed by atoms with Crippen molar-refractivity contribution in [2.75, 3.05) is 25.0 Å². The number of nitrogens with two attached hydrogens (primary N) is 1. The molecule has 0 saturated heterocycles. The molecule has 84 valence electrons. The van der Waals surface area contributed by atoms with Gasteiger partial charge in [-0.05, 0) is 12.1 Å². The zero-order valence-corrected chi connectivity index (χ0v) is 9.02. The van der Waals surface area contributed by atoms with Gasteiger partial charge in [0.05, 0.1) is 35.7 Å². The third kappa shape index (κ3) is 1.59. The van der Waals surface area contributed by atoms with Crippen LogP contribution in [-0.2, 0) is 4.84 Å². The molecule has 0 spiro atoms. The topological polar surface area (TPSA) is 84.2 Å². The molecule has 3 N–H and O–H groups in total. The van der Waals surface area contributed by atoms with Crippen LogP contribution < -0.4 is 16.4 Å². The summed E-state index contributed by atoms with van der Waals surface area (Å²) >= 11 is 0. The van der Waals surface area contributed by atoms with Crippen LogP contribution in [0, 0.1) is 0 Å². The van der Waals surface area contributed by atoms with Gasteiger partial charge in [0, 0.05) is 7.05 Å². The van der Waals surface area contributed by atoms with Gasteiger partial charge in [-0.2, -0.15) is 0 Å². The molecule has 2 aromatic rings. The van der Waals surface area contributed by atoms with Crippen LogP contribution in [0.5, 0.6) is 0 Å². The SMILES string of the molecule is CON(C)c1cc2nc[nH]c(=O)c2cc1N. The fraction of sp³-hybridized carbons (Fsp3) is 0.200. The van der Waals surface area contributed by atoms with Gasteiger partial charge in [-0.25, -0.2) is 4.98 Å². The Kier molecular flexibility index (Phi) is 2.49. The molecule has 0 aliphatic rings. The molecule has 1 aromatic heterocycles. The van der Waals surface area contributed by atoms with Crippen molar-refractivity contribution in [3.05, 3.63) is 28.8 Å². The van der Waals surface area contributed by atoms with E-state index in [1.54, 1.807) is 19.2 Å². The number of benzene rings is 1. The van der Waals surface area contributed by atoms with E-state index in [9.17, 15) is 4.79 Å². The van der Waals surface area contributed by atoms with Gasteiger partial charge in [0.15, 0.2) is 0 Å². The van der Waals surface area contributed by atoms with E-state index in [4.69, 9.17) is 10.6 Å². The predicted octanol–water partition coefficient (Wildman–Crippen LogP) is 0.503. The average molecular weight is 220 g/mol. The first-order valence-electron chi connectivity index (χ1n) is 4.68. The number of nitrogens with zero attached hydrogens (tertiary/aromatic N) is 2. The smallest absolute Gasteiger partial charge is 0.258 e. The maximum atomic E-state index is 11.5. The molecule has 2 rings (SSSR count). The first kappa shape index (κ1) is 10.4. The number of nitrogens with one attached hydrogen (secondary N) is 1. The lowest BCUT2D eigenvalue weighted by Crippen LogP contribution is -2.17. The highest BCUT2D eigenvalue weighted by Gasteiger charge is 2.09. The third-order valence-corrected chi connectivity index (χ3v) is 2.40. The fourth-order valence-electron chi connectivity index (χ4n) is 1.49. The van der Waals surface area contributed by atoms with Crippen LogP contribution in [-0.4, -0.2) is 24.1 Å². The summed E-state index contributed by atoms with van der Waals surface area (Å²) in [4.78, 5) is 23.1. The van der Waals surface area contributed by atoms with Gasteiger partial charge in [0.2, 0.25) is 0 Å². The lowest BCUT2D eigenvalue weighted by atomic mass is 10.2. The molecule has 0 aliphatic heterocycles. The van der Waals surface area contributed by atoms with E-state index in [0.717, 1.165) is 0 Å². The molecular formula is C10H12N4O2. The second-order valence-electron chi connectivity index (χ2n) is 3.34. The molecule has 0 radical (unpaired) electrons. The number of aromatic amines is 1. The Morgan fingerprint density at radius 1 is 1.50 bits per heavy atom. The van der Waals surface area contributed by atoms with Gasteiger partial charge < -0.3 is 10.7 Å². The molecule has 0 saturated carbocycles. The van der Waals surface area contributed by atoms with Gasteiger partial charge >= 0.3 is 0 Å². The second-order valence-corrected chi connectivity index (χ2v) is 3.34. The quantitative estimate of drug-likeness (QED) is 0.568. The molecule has 0 bridgehead atoms. The first-order chi connectivity index (χ1) is 7.63. The number of fused-ring (bicyclic) bond motifs is 1. The maximum absolute atomic E-state index is 11.5. The van der Waals surface area contributed by atoms with E-state index in [-0.39, 0.29) is 5.56 Å². The van der Waals surface area contributed by atoms with Crippen molar-refractivity contribution < 1.29 is 4.84 Å². The third-order valence-electron chi connectivity index (χ3n) is 2.40. The summed E-state index contributed by atoms with van der Waals surface area (Å²) in [7, 11) is 3.26. The summed E-state index contributed by atoms with van der Waals surface area (Å²) in [6.07, 6.45) is 1.36. The van der Waals surface area contributed by atoms with Gasteiger partial charge in [0.25, 0.3) is 5.56 Å². The number of hydrogen-bond acceptors (Lipinski definition) is 5. The molecule has 0 fully saturated rings.